The van der Waals surface area contributed by atoms with E-state index in [1.54, 1.807) is 0 Å². The van der Waals surface area contributed by atoms with Crippen molar-refractivity contribution in [3.8, 4) is 0 Å². The Hall–Kier alpha value is -0.110. The molecule has 1 aliphatic rings. The quantitative estimate of drug-likeness (QED) is 0.507. The fourth-order valence-corrected chi connectivity index (χ4v) is 0.977. The highest BCUT2D eigenvalue weighted by Gasteiger charge is 2.08. The van der Waals surface area contributed by atoms with Gasteiger partial charge in [-0.15, -0.1) is 0 Å². The molecule has 0 spiro atoms. The van der Waals surface area contributed by atoms with Crippen molar-refractivity contribution in [2.75, 3.05) is 13.1 Å². The molecule has 0 saturated carbocycles. The van der Waals surface area contributed by atoms with E-state index in [1.165, 1.54) is 0 Å². The summed E-state index contributed by atoms with van der Waals surface area (Å²) in [5.74, 6) is 0. The predicted octanol–water partition coefficient (Wildman–Crippen LogP) is 1.34. The molecular weight excluding hydrogens is 105 g/mol. The van der Waals surface area contributed by atoms with Crippen LogP contribution in [0.2, 0.25) is 0 Å². The molecule has 0 bridgehead atoms. The summed E-state index contributed by atoms with van der Waals surface area (Å²) in [5.41, 5.74) is 0. The Morgan fingerprint density at radius 3 is 3.12 bits per heavy atom. The minimum absolute atomic E-state index is 0. The lowest BCUT2D eigenvalue weighted by molar-refractivity contribution is 0.307. The maximum atomic E-state index is 12.4. The Bertz CT molecular complexity index is 62.1. The largest absolute Gasteiger partial charge is 0.317 e. The van der Waals surface area contributed by atoms with Gasteiger partial charge in [-0.3, -0.25) is 0 Å². The second kappa shape index (κ2) is 3.02. The summed E-state index contributed by atoms with van der Waals surface area (Å²) in [7, 11) is 0. The zero-order valence-electron chi connectivity index (χ0n) is 4.99. The highest BCUT2D eigenvalue weighted by atomic mass is 19.1. The molecular formula is C6H14FN. The third-order valence-electron chi connectivity index (χ3n) is 1.51. The first kappa shape index (κ1) is 6.02. The zero-order chi connectivity index (χ0) is 5.82. The van der Waals surface area contributed by atoms with Gasteiger partial charge in [0.25, 0.3) is 0 Å². The molecule has 0 amide bonds. The van der Waals surface area contributed by atoms with Gasteiger partial charge in [0.2, 0.25) is 0 Å². The molecule has 1 aliphatic heterocycles. The van der Waals surface area contributed by atoms with Crippen LogP contribution in [0.15, 0.2) is 0 Å². The standard InChI is InChI=1S/C6H12FN.H2/c7-6-2-1-4-8-5-3-6;/h6,8H,1-5H2;1H. The summed E-state index contributed by atoms with van der Waals surface area (Å²) in [4.78, 5) is 0. The molecule has 50 valence electrons. The van der Waals surface area contributed by atoms with Crippen LogP contribution in [-0.2, 0) is 0 Å². The highest BCUT2D eigenvalue weighted by molar-refractivity contribution is 4.63. The van der Waals surface area contributed by atoms with Crippen LogP contribution in [0.4, 0.5) is 4.39 Å². The van der Waals surface area contributed by atoms with Crippen molar-refractivity contribution in [3.63, 3.8) is 0 Å². The molecule has 1 rings (SSSR count). The van der Waals surface area contributed by atoms with Crippen molar-refractivity contribution in [1.82, 2.24) is 5.32 Å². The van der Waals surface area contributed by atoms with Gasteiger partial charge in [0.15, 0.2) is 0 Å². The first-order valence-electron chi connectivity index (χ1n) is 3.24. The Kier molecular flexibility index (Phi) is 2.27. The van der Waals surface area contributed by atoms with Crippen LogP contribution >= 0.6 is 0 Å². The second-order valence-corrected chi connectivity index (χ2v) is 2.28. The monoisotopic (exact) mass is 119 g/mol. The van der Waals surface area contributed by atoms with Crippen molar-refractivity contribution in [2.45, 2.75) is 25.4 Å². The summed E-state index contributed by atoms with van der Waals surface area (Å²) in [5, 5.41) is 3.14. The first-order valence-corrected chi connectivity index (χ1v) is 3.24. The van der Waals surface area contributed by atoms with Crippen molar-refractivity contribution in [1.29, 1.82) is 0 Å². The second-order valence-electron chi connectivity index (χ2n) is 2.28. The minimum Gasteiger partial charge on any atom is -0.317 e. The molecule has 1 heterocycles. The molecule has 1 unspecified atom stereocenters. The lowest BCUT2D eigenvalue weighted by atomic mass is 10.2. The third kappa shape index (κ3) is 1.78. The van der Waals surface area contributed by atoms with E-state index < -0.39 is 6.17 Å². The summed E-state index contributed by atoms with van der Waals surface area (Å²) < 4.78 is 12.4. The van der Waals surface area contributed by atoms with Crippen molar-refractivity contribution < 1.29 is 5.82 Å². The van der Waals surface area contributed by atoms with Gasteiger partial charge in [-0.2, -0.15) is 0 Å². The number of rotatable bonds is 0. The molecule has 8 heavy (non-hydrogen) atoms. The fourth-order valence-electron chi connectivity index (χ4n) is 0.977. The van der Waals surface area contributed by atoms with E-state index in [2.05, 4.69) is 5.32 Å². The van der Waals surface area contributed by atoms with Gasteiger partial charge in [0.1, 0.15) is 6.17 Å². The maximum Gasteiger partial charge on any atom is 0.101 e. The Balaban J connectivity index is 0.000000640. The molecule has 1 fully saturated rings. The molecule has 0 radical (unpaired) electrons. The molecule has 2 heteroatoms. The van der Waals surface area contributed by atoms with Crippen LogP contribution in [-0.4, -0.2) is 19.3 Å². The van der Waals surface area contributed by atoms with Crippen molar-refractivity contribution >= 4 is 0 Å². The average Bonchev–Trinajstić information content (AvgIpc) is 1.94. The summed E-state index contributed by atoms with van der Waals surface area (Å²) in [6.45, 7) is 1.86. The molecule has 1 nitrogen and oxygen atoms in total. The lowest BCUT2D eigenvalue weighted by Gasteiger charge is -1.98. The number of alkyl halides is 1. The summed E-state index contributed by atoms with van der Waals surface area (Å²) >= 11 is 0. The van der Waals surface area contributed by atoms with E-state index >= 15 is 0 Å². The first-order chi connectivity index (χ1) is 3.89. The van der Waals surface area contributed by atoms with Crippen LogP contribution in [0.1, 0.15) is 20.7 Å². The van der Waals surface area contributed by atoms with Gasteiger partial charge < -0.3 is 5.32 Å². The normalized spacial score (nSPS) is 31.9. The van der Waals surface area contributed by atoms with E-state index in [1.807, 2.05) is 0 Å². The highest BCUT2D eigenvalue weighted by Crippen LogP contribution is 2.07. The number of hydrogen-bond donors (Lipinski definition) is 1. The molecule has 0 aromatic heterocycles. The fraction of sp³-hybridized carbons (Fsp3) is 1.00. The average molecular weight is 119 g/mol. The van der Waals surface area contributed by atoms with Crippen LogP contribution in [0.3, 0.4) is 0 Å². The smallest absolute Gasteiger partial charge is 0.101 e. The lowest BCUT2D eigenvalue weighted by Crippen LogP contribution is -2.14. The SMILES string of the molecule is FC1CCCNCC1.[HH]. The molecule has 0 aliphatic carbocycles. The minimum atomic E-state index is -0.537. The van der Waals surface area contributed by atoms with Crippen LogP contribution in [0.25, 0.3) is 0 Å². The maximum absolute atomic E-state index is 12.4. The van der Waals surface area contributed by atoms with Gasteiger partial charge in [-0.1, -0.05) is 0 Å². The zero-order valence-corrected chi connectivity index (χ0v) is 4.99. The molecule has 1 saturated heterocycles. The topological polar surface area (TPSA) is 12.0 Å². The van der Waals surface area contributed by atoms with Gasteiger partial charge in [0, 0.05) is 1.43 Å². The summed E-state index contributed by atoms with van der Waals surface area (Å²) in [6.07, 6.45) is 1.93. The molecule has 1 atom stereocenters. The predicted molar refractivity (Wildman–Crippen MR) is 33.7 cm³/mol. The van der Waals surface area contributed by atoms with E-state index in [0.29, 0.717) is 6.42 Å². The van der Waals surface area contributed by atoms with Crippen LogP contribution in [0.5, 0.6) is 0 Å². The van der Waals surface area contributed by atoms with Gasteiger partial charge in [-0.25, -0.2) is 4.39 Å². The van der Waals surface area contributed by atoms with Crippen molar-refractivity contribution in [2.24, 2.45) is 0 Å². The third-order valence-corrected chi connectivity index (χ3v) is 1.51. The van der Waals surface area contributed by atoms with Gasteiger partial charge in [-0.05, 0) is 32.4 Å². The van der Waals surface area contributed by atoms with E-state index in [4.69, 9.17) is 0 Å². The number of nitrogens with one attached hydrogen (secondary N) is 1. The Labute approximate surface area is 50.8 Å². The van der Waals surface area contributed by atoms with Crippen LogP contribution in [0, 0.1) is 0 Å². The van der Waals surface area contributed by atoms with E-state index in [9.17, 15) is 4.39 Å². The number of hydrogen-bond acceptors (Lipinski definition) is 1. The van der Waals surface area contributed by atoms with E-state index in [-0.39, 0.29) is 1.43 Å². The Morgan fingerprint density at radius 2 is 2.25 bits per heavy atom. The van der Waals surface area contributed by atoms with E-state index in [0.717, 1.165) is 25.9 Å². The van der Waals surface area contributed by atoms with Gasteiger partial charge in [0.05, 0.1) is 0 Å². The van der Waals surface area contributed by atoms with Crippen molar-refractivity contribution in [3.05, 3.63) is 0 Å². The Morgan fingerprint density at radius 1 is 1.38 bits per heavy atom. The number of halogens is 1. The molecule has 1 N–H and O–H groups in total. The summed E-state index contributed by atoms with van der Waals surface area (Å²) in [6, 6.07) is 0. The van der Waals surface area contributed by atoms with Gasteiger partial charge >= 0.3 is 0 Å². The molecule has 0 aromatic carbocycles. The van der Waals surface area contributed by atoms with Crippen LogP contribution < -0.4 is 5.32 Å². The molecule has 0 aromatic rings.